The monoisotopic (exact) mass is 701 g/mol. The fourth-order valence-electron chi connectivity index (χ4n) is 5.87. The van der Waals surface area contributed by atoms with Gasteiger partial charge in [0.2, 0.25) is 0 Å². The number of hydrogen-bond donors (Lipinski definition) is 1. The van der Waals surface area contributed by atoms with Crippen LogP contribution in [0, 0.1) is 0 Å². The summed E-state index contributed by atoms with van der Waals surface area (Å²) in [4.78, 5) is 24.2. The highest BCUT2D eigenvalue weighted by Crippen LogP contribution is 2.13. The van der Waals surface area contributed by atoms with E-state index in [2.05, 4.69) is 56.4 Å². The lowest BCUT2D eigenvalue weighted by Crippen LogP contribution is -2.28. The minimum atomic E-state index is -0.798. The van der Waals surface area contributed by atoms with Crippen molar-refractivity contribution in [2.75, 3.05) is 13.2 Å². The van der Waals surface area contributed by atoms with E-state index in [0.29, 0.717) is 12.8 Å². The van der Waals surface area contributed by atoms with Crippen molar-refractivity contribution in [1.82, 2.24) is 0 Å². The molecule has 0 spiro atoms. The van der Waals surface area contributed by atoms with Crippen molar-refractivity contribution < 1.29 is 24.2 Å². The van der Waals surface area contributed by atoms with Gasteiger partial charge in [0.1, 0.15) is 6.61 Å². The van der Waals surface area contributed by atoms with Crippen molar-refractivity contribution in [3.05, 3.63) is 48.6 Å². The molecule has 0 rings (SSSR count). The molecule has 5 heteroatoms. The summed E-state index contributed by atoms with van der Waals surface area (Å²) in [5.74, 6) is -0.677. The molecule has 1 N–H and O–H groups in total. The molecule has 0 aromatic heterocycles. The van der Waals surface area contributed by atoms with Crippen LogP contribution in [0.3, 0.4) is 0 Å². The van der Waals surface area contributed by atoms with Gasteiger partial charge in [-0.05, 0) is 64.2 Å². The van der Waals surface area contributed by atoms with Crippen LogP contribution in [0.4, 0.5) is 0 Å². The molecule has 0 aliphatic carbocycles. The summed E-state index contributed by atoms with van der Waals surface area (Å²) in [7, 11) is 0. The Morgan fingerprint density at radius 1 is 0.460 bits per heavy atom. The first-order chi connectivity index (χ1) is 24.6. The normalized spacial score (nSPS) is 12.6. The maximum absolute atomic E-state index is 12.2. The topological polar surface area (TPSA) is 72.8 Å². The van der Waals surface area contributed by atoms with Gasteiger partial charge < -0.3 is 14.6 Å². The van der Waals surface area contributed by atoms with Gasteiger partial charge in [-0.3, -0.25) is 9.59 Å². The Labute approximate surface area is 309 Å². The zero-order valence-corrected chi connectivity index (χ0v) is 32.9. The van der Waals surface area contributed by atoms with Crippen LogP contribution in [0.5, 0.6) is 0 Å². The average Bonchev–Trinajstić information content (AvgIpc) is 3.12. The molecule has 290 valence electrons. The Bertz CT molecular complexity index is 842. The molecule has 0 aromatic carbocycles. The summed E-state index contributed by atoms with van der Waals surface area (Å²) >= 11 is 0. The molecule has 0 fully saturated rings. The molecule has 0 saturated heterocycles. The smallest absolute Gasteiger partial charge is 0.306 e. The predicted octanol–water partition coefficient (Wildman–Crippen LogP) is 13.4. The first-order valence-corrected chi connectivity index (χ1v) is 21.2. The van der Waals surface area contributed by atoms with Crippen LogP contribution in [0.15, 0.2) is 48.6 Å². The molecule has 0 aliphatic heterocycles. The second-order valence-corrected chi connectivity index (χ2v) is 14.1. The lowest BCUT2D eigenvalue weighted by molar-refractivity contribution is -0.161. The third-order valence-corrected chi connectivity index (χ3v) is 9.11. The second-order valence-electron chi connectivity index (χ2n) is 14.1. The highest BCUT2D eigenvalue weighted by atomic mass is 16.6. The lowest BCUT2D eigenvalue weighted by Gasteiger charge is -2.15. The molecule has 0 heterocycles. The molecular formula is C45H80O5. The third-order valence-electron chi connectivity index (χ3n) is 9.11. The minimum absolute atomic E-state index is 0.0999. The van der Waals surface area contributed by atoms with E-state index in [4.69, 9.17) is 9.47 Å². The summed E-state index contributed by atoms with van der Waals surface area (Å²) < 4.78 is 10.6. The van der Waals surface area contributed by atoms with Crippen molar-refractivity contribution in [3.8, 4) is 0 Å². The second kappa shape index (κ2) is 41.3. The Morgan fingerprint density at radius 3 is 1.26 bits per heavy atom. The molecule has 0 radical (unpaired) electrons. The van der Waals surface area contributed by atoms with E-state index in [0.717, 1.165) is 44.9 Å². The van der Waals surface area contributed by atoms with Crippen molar-refractivity contribution in [1.29, 1.82) is 0 Å². The van der Waals surface area contributed by atoms with E-state index in [9.17, 15) is 14.7 Å². The SMILES string of the molecule is CCCCCCCC/C=C/C/C=C/CCC(=O)OCC(CO)OC(=O)CCCCCCCCC/C=C/C/C=C/CCCCCCCCCCC. The maximum Gasteiger partial charge on any atom is 0.306 e. The highest BCUT2D eigenvalue weighted by molar-refractivity contribution is 5.70. The van der Waals surface area contributed by atoms with Gasteiger partial charge in [-0.15, -0.1) is 0 Å². The quantitative estimate of drug-likeness (QED) is 0.0394. The average molecular weight is 701 g/mol. The summed E-state index contributed by atoms with van der Waals surface area (Å²) in [5, 5.41) is 9.55. The van der Waals surface area contributed by atoms with Crippen LogP contribution in [0.25, 0.3) is 0 Å². The van der Waals surface area contributed by atoms with Crippen molar-refractivity contribution in [3.63, 3.8) is 0 Å². The number of carbonyl (C=O) groups is 2. The number of allylic oxidation sites excluding steroid dienone is 8. The predicted molar refractivity (Wildman–Crippen MR) is 214 cm³/mol. The maximum atomic E-state index is 12.2. The van der Waals surface area contributed by atoms with E-state index >= 15 is 0 Å². The van der Waals surface area contributed by atoms with Crippen LogP contribution >= 0.6 is 0 Å². The van der Waals surface area contributed by atoms with Gasteiger partial charge in [-0.25, -0.2) is 0 Å². The number of esters is 2. The van der Waals surface area contributed by atoms with Crippen LogP contribution in [-0.4, -0.2) is 36.4 Å². The molecule has 0 amide bonds. The Morgan fingerprint density at radius 2 is 0.840 bits per heavy atom. The van der Waals surface area contributed by atoms with E-state index in [-0.39, 0.29) is 31.6 Å². The number of unbranched alkanes of at least 4 members (excludes halogenated alkanes) is 22. The molecule has 0 aliphatic rings. The van der Waals surface area contributed by atoms with Gasteiger partial charge in [-0.1, -0.05) is 178 Å². The molecule has 1 unspecified atom stereocenters. The molecule has 0 saturated carbocycles. The lowest BCUT2D eigenvalue weighted by atomic mass is 10.1. The van der Waals surface area contributed by atoms with E-state index in [1.807, 2.05) is 6.08 Å². The molecule has 5 nitrogen and oxygen atoms in total. The number of ether oxygens (including phenoxy) is 2. The number of carbonyl (C=O) groups excluding carboxylic acids is 2. The molecular weight excluding hydrogens is 620 g/mol. The van der Waals surface area contributed by atoms with Crippen LogP contribution in [0.2, 0.25) is 0 Å². The zero-order chi connectivity index (χ0) is 36.4. The minimum Gasteiger partial charge on any atom is -0.462 e. The van der Waals surface area contributed by atoms with Crippen molar-refractivity contribution in [2.24, 2.45) is 0 Å². The van der Waals surface area contributed by atoms with Crippen LogP contribution in [0.1, 0.15) is 206 Å². The summed E-state index contributed by atoms with van der Waals surface area (Å²) in [6.45, 7) is 4.07. The van der Waals surface area contributed by atoms with Gasteiger partial charge in [0.25, 0.3) is 0 Å². The van der Waals surface area contributed by atoms with Gasteiger partial charge >= 0.3 is 11.9 Å². The summed E-state index contributed by atoms with van der Waals surface area (Å²) in [6.07, 6.45) is 52.0. The largest absolute Gasteiger partial charge is 0.462 e. The number of rotatable bonds is 38. The first kappa shape index (κ1) is 47.9. The van der Waals surface area contributed by atoms with Crippen molar-refractivity contribution in [2.45, 2.75) is 213 Å². The van der Waals surface area contributed by atoms with Gasteiger partial charge in [0, 0.05) is 12.8 Å². The van der Waals surface area contributed by atoms with Gasteiger partial charge in [-0.2, -0.15) is 0 Å². The number of aliphatic hydroxyl groups excluding tert-OH is 1. The zero-order valence-electron chi connectivity index (χ0n) is 32.9. The number of hydrogen-bond acceptors (Lipinski definition) is 5. The Balaban J connectivity index is 3.60. The van der Waals surface area contributed by atoms with E-state index in [1.165, 1.54) is 128 Å². The molecule has 1 atom stereocenters. The van der Waals surface area contributed by atoms with E-state index in [1.54, 1.807) is 0 Å². The summed E-state index contributed by atoms with van der Waals surface area (Å²) in [5.41, 5.74) is 0. The van der Waals surface area contributed by atoms with Crippen molar-refractivity contribution >= 4 is 11.9 Å². The fraction of sp³-hybridized carbons (Fsp3) is 0.778. The molecule has 0 bridgehead atoms. The number of aliphatic hydroxyl groups is 1. The van der Waals surface area contributed by atoms with Crippen LogP contribution < -0.4 is 0 Å². The standard InChI is InChI=1S/C45H80O5/c1-3-5-7-9-11-13-15-17-18-19-20-21-22-23-24-25-26-28-30-32-34-36-38-40-45(48)50-43(41-46)42-49-44(47)39-37-35-33-31-29-27-16-14-12-10-8-6-4-2/h20-21,23-24,27,29,33,35,43,46H,3-19,22,25-26,28,30-32,34,36-42H2,1-2H3/b21-20+,24-23+,29-27+,35-33+. The molecule has 0 aromatic rings. The highest BCUT2D eigenvalue weighted by Gasteiger charge is 2.15. The summed E-state index contributed by atoms with van der Waals surface area (Å²) in [6, 6.07) is 0. The Hall–Kier alpha value is -2.14. The fourth-order valence-corrected chi connectivity index (χ4v) is 5.87. The molecule has 50 heavy (non-hydrogen) atoms. The van der Waals surface area contributed by atoms with Crippen LogP contribution in [-0.2, 0) is 19.1 Å². The Kier molecular flexibility index (Phi) is 39.5. The van der Waals surface area contributed by atoms with E-state index < -0.39 is 6.10 Å². The van der Waals surface area contributed by atoms with Gasteiger partial charge in [0.15, 0.2) is 6.10 Å². The van der Waals surface area contributed by atoms with Gasteiger partial charge in [0.05, 0.1) is 6.61 Å². The first-order valence-electron chi connectivity index (χ1n) is 21.2. The third kappa shape index (κ3) is 38.7.